The molecule has 3 saturated heterocycles. The van der Waals surface area contributed by atoms with E-state index in [-0.39, 0.29) is 12.2 Å². The second kappa shape index (κ2) is 8.17. The fourth-order valence-electron chi connectivity index (χ4n) is 4.68. The van der Waals surface area contributed by atoms with E-state index in [1.165, 1.54) is 44.5 Å². The van der Waals surface area contributed by atoms with Crippen molar-refractivity contribution in [3.8, 4) is 0 Å². The number of carbonyl (C=O) groups is 1. The van der Waals surface area contributed by atoms with Gasteiger partial charge in [-0.15, -0.1) is 0 Å². The van der Waals surface area contributed by atoms with Gasteiger partial charge in [-0.2, -0.15) is 0 Å². The monoisotopic (exact) mass is 369 g/mol. The molecule has 0 unspecified atom stereocenters. The van der Waals surface area contributed by atoms with Crippen molar-refractivity contribution in [2.24, 2.45) is 5.92 Å². The number of rotatable bonds is 7. The van der Waals surface area contributed by atoms with Gasteiger partial charge in [0.05, 0.1) is 32.4 Å². The minimum atomic E-state index is -0.326. The summed E-state index contributed by atoms with van der Waals surface area (Å²) in [5.41, 5.74) is 1.41. The van der Waals surface area contributed by atoms with Crippen LogP contribution in [0.25, 0.3) is 0 Å². The Labute approximate surface area is 160 Å². The number of quaternary nitrogens is 1. The smallest absolute Gasteiger partial charge is 0.408 e. The second-order valence-corrected chi connectivity index (χ2v) is 8.00. The number of fused-ring (bicyclic) bond motifs is 3. The van der Waals surface area contributed by atoms with Gasteiger partial charge >= 0.3 is 6.09 Å². The van der Waals surface area contributed by atoms with E-state index in [1.54, 1.807) is 6.26 Å². The summed E-state index contributed by atoms with van der Waals surface area (Å²) in [4.78, 5) is 12.2. The third kappa shape index (κ3) is 4.53. The van der Waals surface area contributed by atoms with Crippen LogP contribution in [0.3, 0.4) is 0 Å². The Morgan fingerprint density at radius 1 is 1.15 bits per heavy atom. The lowest BCUT2D eigenvalue weighted by Crippen LogP contribution is -2.64. The highest BCUT2D eigenvalue weighted by atomic mass is 16.6. The number of ether oxygens (including phenoxy) is 1. The van der Waals surface area contributed by atoms with Crippen molar-refractivity contribution >= 4 is 6.09 Å². The molecule has 1 aromatic carbocycles. The Kier molecular flexibility index (Phi) is 5.48. The highest BCUT2D eigenvalue weighted by Gasteiger charge is 2.47. The molecule has 4 heterocycles. The molecule has 3 aliphatic rings. The van der Waals surface area contributed by atoms with E-state index in [4.69, 9.17) is 9.15 Å². The highest BCUT2D eigenvalue weighted by molar-refractivity contribution is 5.67. The van der Waals surface area contributed by atoms with E-state index in [1.807, 2.05) is 12.1 Å². The number of furan rings is 1. The molecule has 1 amide bonds. The molecule has 2 aromatic rings. The molecule has 1 N–H and O–H groups in total. The third-order valence-corrected chi connectivity index (χ3v) is 6.23. The van der Waals surface area contributed by atoms with Crippen LogP contribution >= 0.6 is 0 Å². The SMILES string of the molecule is O=C(NCc1ccco1)O[C@H]1C[N+]2(CCCc3ccccc3)CCC1CC2. The predicted molar refractivity (Wildman–Crippen MR) is 103 cm³/mol. The number of piperidine rings is 3. The Bertz CT molecular complexity index is 721. The average molecular weight is 369 g/mol. The number of benzene rings is 1. The number of nitrogens with one attached hydrogen (secondary N) is 1. The van der Waals surface area contributed by atoms with Crippen molar-refractivity contribution < 1.29 is 18.4 Å². The van der Waals surface area contributed by atoms with Crippen molar-refractivity contribution in [3.63, 3.8) is 0 Å². The summed E-state index contributed by atoms with van der Waals surface area (Å²) in [5.74, 6) is 1.26. The molecule has 5 heteroatoms. The van der Waals surface area contributed by atoms with Crippen LogP contribution in [0.4, 0.5) is 4.79 Å². The first-order valence-corrected chi connectivity index (χ1v) is 10.1. The maximum atomic E-state index is 12.2. The maximum Gasteiger partial charge on any atom is 0.408 e. The molecule has 0 spiro atoms. The van der Waals surface area contributed by atoms with Crippen molar-refractivity contribution in [2.75, 3.05) is 26.2 Å². The molecule has 2 bridgehead atoms. The quantitative estimate of drug-likeness (QED) is 0.756. The van der Waals surface area contributed by atoms with Crippen LogP contribution in [0.1, 0.15) is 30.6 Å². The Hall–Kier alpha value is -2.27. The molecular formula is C22H29N2O3+. The van der Waals surface area contributed by atoms with Gasteiger partial charge in [-0.1, -0.05) is 30.3 Å². The van der Waals surface area contributed by atoms with Gasteiger partial charge in [0, 0.05) is 25.2 Å². The van der Waals surface area contributed by atoms with Gasteiger partial charge in [0.2, 0.25) is 0 Å². The van der Waals surface area contributed by atoms with Gasteiger partial charge in [0.25, 0.3) is 0 Å². The number of amides is 1. The molecule has 0 aliphatic carbocycles. The van der Waals surface area contributed by atoms with E-state index >= 15 is 0 Å². The lowest BCUT2D eigenvalue weighted by Gasteiger charge is -2.52. The topological polar surface area (TPSA) is 51.5 Å². The summed E-state index contributed by atoms with van der Waals surface area (Å²) in [6.45, 7) is 4.98. The number of carbonyl (C=O) groups excluding carboxylic acids is 1. The van der Waals surface area contributed by atoms with Gasteiger partial charge in [-0.25, -0.2) is 4.79 Å². The number of alkyl carbamates (subject to hydrolysis) is 1. The number of hydrogen-bond donors (Lipinski definition) is 1. The standard InChI is InChI=1S/C22H28N2O3/c25-22(23-16-20-9-5-15-26-20)27-21-17-24(13-10-19(21)11-14-24)12-4-8-18-6-2-1-3-7-18/h1-3,5-7,9,15,19,21H,4,8,10-14,16-17H2/p+1/t19?,21-,24?/m0/s1. The first-order valence-electron chi connectivity index (χ1n) is 10.1. The summed E-state index contributed by atoms with van der Waals surface area (Å²) in [6, 6.07) is 14.4. The van der Waals surface area contributed by atoms with Crippen LogP contribution < -0.4 is 5.32 Å². The van der Waals surface area contributed by atoms with Gasteiger partial charge in [-0.05, 0) is 24.1 Å². The fraction of sp³-hybridized carbons (Fsp3) is 0.500. The van der Waals surface area contributed by atoms with Crippen LogP contribution in [0, 0.1) is 5.92 Å². The number of hydrogen-bond acceptors (Lipinski definition) is 3. The summed E-state index contributed by atoms with van der Waals surface area (Å²) in [6.07, 6.45) is 5.97. The molecular weight excluding hydrogens is 340 g/mol. The van der Waals surface area contributed by atoms with Crippen LogP contribution in [0.15, 0.2) is 53.1 Å². The Morgan fingerprint density at radius 2 is 1.96 bits per heavy atom. The normalized spacial score (nSPS) is 26.7. The van der Waals surface area contributed by atoms with Gasteiger partial charge in [-0.3, -0.25) is 0 Å². The number of nitrogens with zero attached hydrogens (tertiary/aromatic N) is 1. The van der Waals surface area contributed by atoms with Crippen LogP contribution in [0.5, 0.6) is 0 Å². The van der Waals surface area contributed by atoms with Crippen molar-refractivity contribution in [1.82, 2.24) is 5.32 Å². The molecule has 144 valence electrons. The minimum absolute atomic E-state index is 0.0424. The molecule has 5 rings (SSSR count). The van der Waals surface area contributed by atoms with E-state index < -0.39 is 0 Å². The Morgan fingerprint density at radius 3 is 2.70 bits per heavy atom. The van der Waals surface area contributed by atoms with Crippen LogP contribution in [-0.2, 0) is 17.7 Å². The van der Waals surface area contributed by atoms with E-state index in [0.29, 0.717) is 12.5 Å². The van der Waals surface area contributed by atoms with Crippen molar-refractivity contribution in [3.05, 3.63) is 60.1 Å². The minimum Gasteiger partial charge on any atom is -0.467 e. The zero-order valence-electron chi connectivity index (χ0n) is 15.8. The summed E-state index contributed by atoms with van der Waals surface area (Å²) in [5, 5.41) is 2.81. The second-order valence-electron chi connectivity index (χ2n) is 8.00. The molecule has 0 saturated carbocycles. The van der Waals surface area contributed by atoms with Gasteiger partial charge < -0.3 is 19.0 Å². The summed E-state index contributed by atoms with van der Waals surface area (Å²) >= 11 is 0. The van der Waals surface area contributed by atoms with Crippen LogP contribution in [-0.4, -0.2) is 42.9 Å². The zero-order valence-corrected chi connectivity index (χ0v) is 15.8. The maximum absolute atomic E-state index is 12.2. The largest absolute Gasteiger partial charge is 0.467 e. The number of aryl methyl sites for hydroxylation is 1. The predicted octanol–water partition coefficient (Wildman–Crippen LogP) is 3.75. The zero-order chi connectivity index (χ0) is 18.5. The molecule has 1 atom stereocenters. The first kappa shape index (κ1) is 18.1. The third-order valence-electron chi connectivity index (χ3n) is 6.23. The van der Waals surface area contributed by atoms with Crippen molar-refractivity contribution in [2.45, 2.75) is 38.3 Å². The van der Waals surface area contributed by atoms with E-state index in [2.05, 4.69) is 35.6 Å². The lowest BCUT2D eigenvalue weighted by atomic mass is 9.83. The van der Waals surface area contributed by atoms with Gasteiger partial charge in [0.1, 0.15) is 12.3 Å². The highest BCUT2D eigenvalue weighted by Crippen LogP contribution is 2.36. The van der Waals surface area contributed by atoms with Gasteiger partial charge in [0.15, 0.2) is 6.10 Å². The molecule has 1 aromatic heterocycles. The van der Waals surface area contributed by atoms with E-state index in [9.17, 15) is 4.79 Å². The molecule has 3 aliphatic heterocycles. The van der Waals surface area contributed by atoms with E-state index in [0.717, 1.165) is 23.2 Å². The van der Waals surface area contributed by atoms with Crippen molar-refractivity contribution in [1.29, 1.82) is 0 Å². The fourth-order valence-corrected chi connectivity index (χ4v) is 4.68. The lowest BCUT2D eigenvalue weighted by molar-refractivity contribution is -0.946. The molecule has 5 nitrogen and oxygen atoms in total. The summed E-state index contributed by atoms with van der Waals surface area (Å²) < 4.78 is 12.2. The Balaban J connectivity index is 1.27. The molecule has 0 radical (unpaired) electrons. The van der Waals surface area contributed by atoms with Crippen LogP contribution in [0.2, 0.25) is 0 Å². The molecule has 3 fully saturated rings. The summed E-state index contributed by atoms with van der Waals surface area (Å²) in [7, 11) is 0. The first-order chi connectivity index (χ1) is 13.2. The molecule has 27 heavy (non-hydrogen) atoms. The average Bonchev–Trinajstić information content (AvgIpc) is 3.22.